The van der Waals surface area contributed by atoms with Crippen LogP contribution in [-0.4, -0.2) is 30.0 Å². The molecular formula is C21H27N3O. The average Bonchev–Trinajstić information content (AvgIpc) is 3.15. The molecule has 0 atom stereocenters. The zero-order valence-electron chi connectivity index (χ0n) is 14.8. The van der Waals surface area contributed by atoms with Crippen molar-refractivity contribution in [2.75, 3.05) is 18.0 Å². The number of aromatic nitrogens is 1. The Hall–Kier alpha value is -2.10. The van der Waals surface area contributed by atoms with E-state index >= 15 is 0 Å². The van der Waals surface area contributed by atoms with Crippen LogP contribution in [0.25, 0.3) is 10.9 Å². The van der Waals surface area contributed by atoms with Crippen LogP contribution in [0.5, 0.6) is 0 Å². The lowest BCUT2D eigenvalue weighted by Gasteiger charge is -2.34. The van der Waals surface area contributed by atoms with Gasteiger partial charge in [-0.25, -0.2) is 0 Å². The standard InChI is InChI=1S/C21H27N3O/c25-21(23-17-5-1-2-6-17)15-16-10-13-24(14-11-16)20-9-12-22-19-8-4-3-7-18(19)20/h3-4,7-9,12,16-17H,1-2,5-6,10-11,13-15H2,(H,23,25). The number of benzene rings is 1. The van der Waals surface area contributed by atoms with Gasteiger partial charge in [0.2, 0.25) is 5.91 Å². The van der Waals surface area contributed by atoms with Crippen molar-refractivity contribution in [3.63, 3.8) is 0 Å². The van der Waals surface area contributed by atoms with Crippen molar-refractivity contribution in [3.05, 3.63) is 36.5 Å². The van der Waals surface area contributed by atoms with E-state index in [9.17, 15) is 4.79 Å². The lowest BCUT2D eigenvalue weighted by Crippen LogP contribution is -2.38. The van der Waals surface area contributed by atoms with Gasteiger partial charge in [0.1, 0.15) is 0 Å². The van der Waals surface area contributed by atoms with Crippen LogP contribution in [0.4, 0.5) is 5.69 Å². The molecule has 1 aromatic carbocycles. The number of nitrogens with zero attached hydrogens (tertiary/aromatic N) is 2. The second-order valence-electron chi connectivity index (χ2n) is 7.53. The Balaban J connectivity index is 1.34. The van der Waals surface area contributed by atoms with Crippen molar-refractivity contribution in [3.8, 4) is 0 Å². The van der Waals surface area contributed by atoms with Crippen molar-refractivity contribution in [2.45, 2.75) is 51.0 Å². The molecule has 2 heterocycles. The molecule has 1 saturated carbocycles. The number of hydrogen-bond acceptors (Lipinski definition) is 3. The van der Waals surface area contributed by atoms with E-state index in [2.05, 4.69) is 39.5 Å². The molecule has 0 radical (unpaired) electrons. The summed E-state index contributed by atoms with van der Waals surface area (Å²) in [6.45, 7) is 2.05. The van der Waals surface area contributed by atoms with Crippen LogP contribution in [0, 0.1) is 5.92 Å². The number of rotatable bonds is 4. The Morgan fingerprint density at radius 3 is 2.64 bits per heavy atom. The topological polar surface area (TPSA) is 45.2 Å². The number of para-hydroxylation sites is 1. The van der Waals surface area contributed by atoms with E-state index in [1.807, 2.05) is 12.3 Å². The number of amides is 1. The summed E-state index contributed by atoms with van der Waals surface area (Å²) < 4.78 is 0. The Morgan fingerprint density at radius 1 is 1.08 bits per heavy atom. The molecule has 4 rings (SSSR count). The normalized spacial score (nSPS) is 19.4. The van der Waals surface area contributed by atoms with E-state index in [-0.39, 0.29) is 5.91 Å². The van der Waals surface area contributed by atoms with Crippen LogP contribution in [0.3, 0.4) is 0 Å². The molecule has 4 nitrogen and oxygen atoms in total. The van der Waals surface area contributed by atoms with Gasteiger partial charge < -0.3 is 10.2 Å². The number of fused-ring (bicyclic) bond motifs is 1. The third kappa shape index (κ3) is 3.78. The summed E-state index contributed by atoms with van der Waals surface area (Å²) in [5.74, 6) is 0.783. The predicted octanol–water partition coefficient (Wildman–Crippen LogP) is 3.90. The number of nitrogens with one attached hydrogen (secondary N) is 1. The van der Waals surface area contributed by atoms with Gasteiger partial charge in [0.05, 0.1) is 5.52 Å². The van der Waals surface area contributed by atoms with Gasteiger partial charge in [-0.15, -0.1) is 0 Å². The molecule has 132 valence electrons. The number of carbonyl (C=O) groups excluding carboxylic acids is 1. The molecular weight excluding hydrogens is 310 g/mol. The quantitative estimate of drug-likeness (QED) is 0.920. The second kappa shape index (κ2) is 7.42. The highest BCUT2D eigenvalue weighted by Crippen LogP contribution is 2.30. The SMILES string of the molecule is O=C(CC1CCN(c2ccnc3ccccc23)CC1)NC1CCCC1. The van der Waals surface area contributed by atoms with Gasteiger partial charge in [0.15, 0.2) is 0 Å². The van der Waals surface area contributed by atoms with Crippen molar-refractivity contribution in [2.24, 2.45) is 5.92 Å². The number of pyridine rings is 1. The number of hydrogen-bond donors (Lipinski definition) is 1. The van der Waals surface area contributed by atoms with Gasteiger partial charge in [-0.05, 0) is 43.7 Å². The lowest BCUT2D eigenvalue weighted by atomic mass is 9.92. The van der Waals surface area contributed by atoms with Gasteiger partial charge in [-0.1, -0.05) is 31.0 Å². The summed E-state index contributed by atoms with van der Waals surface area (Å²) in [6, 6.07) is 10.9. The first-order valence-corrected chi connectivity index (χ1v) is 9.67. The maximum absolute atomic E-state index is 12.3. The van der Waals surface area contributed by atoms with Crippen molar-refractivity contribution in [1.82, 2.24) is 10.3 Å². The summed E-state index contributed by atoms with van der Waals surface area (Å²) in [6.07, 6.45) is 9.65. The molecule has 0 spiro atoms. The molecule has 2 aromatic rings. The van der Waals surface area contributed by atoms with Crippen LogP contribution >= 0.6 is 0 Å². The van der Waals surface area contributed by atoms with Crippen molar-refractivity contribution in [1.29, 1.82) is 0 Å². The third-order valence-corrected chi connectivity index (χ3v) is 5.78. The highest BCUT2D eigenvalue weighted by Gasteiger charge is 2.24. The summed E-state index contributed by atoms with van der Waals surface area (Å²) >= 11 is 0. The molecule has 1 amide bonds. The Kier molecular flexibility index (Phi) is 4.86. The van der Waals surface area contributed by atoms with Crippen LogP contribution in [0.15, 0.2) is 36.5 Å². The number of anilines is 1. The minimum Gasteiger partial charge on any atom is -0.371 e. The van der Waals surface area contributed by atoms with E-state index in [0.29, 0.717) is 18.4 Å². The molecule has 4 heteroatoms. The molecule has 1 aliphatic heterocycles. The first-order chi connectivity index (χ1) is 12.3. The third-order valence-electron chi connectivity index (χ3n) is 5.78. The van der Waals surface area contributed by atoms with Crippen LogP contribution in [-0.2, 0) is 4.79 Å². The minimum absolute atomic E-state index is 0.264. The molecule has 2 aliphatic rings. The maximum atomic E-state index is 12.3. The summed E-state index contributed by atoms with van der Waals surface area (Å²) in [4.78, 5) is 19.2. The summed E-state index contributed by atoms with van der Waals surface area (Å²) in [5.41, 5.74) is 2.33. The Bertz CT molecular complexity index is 726. The molecule has 1 aromatic heterocycles. The predicted molar refractivity (Wildman–Crippen MR) is 102 cm³/mol. The molecule has 1 N–H and O–H groups in total. The molecule has 1 aliphatic carbocycles. The van der Waals surface area contributed by atoms with E-state index < -0.39 is 0 Å². The Labute approximate surface area is 149 Å². The zero-order valence-corrected chi connectivity index (χ0v) is 14.8. The highest BCUT2D eigenvalue weighted by molar-refractivity contribution is 5.91. The molecule has 25 heavy (non-hydrogen) atoms. The van der Waals surface area contributed by atoms with Crippen LogP contribution in [0.2, 0.25) is 0 Å². The Morgan fingerprint density at radius 2 is 1.84 bits per heavy atom. The minimum atomic E-state index is 0.264. The second-order valence-corrected chi connectivity index (χ2v) is 7.53. The van der Waals surface area contributed by atoms with Crippen molar-refractivity contribution >= 4 is 22.5 Å². The molecule has 1 saturated heterocycles. The molecule has 2 fully saturated rings. The first kappa shape index (κ1) is 16.4. The van der Waals surface area contributed by atoms with Gasteiger partial charge in [0, 0.05) is 42.8 Å². The van der Waals surface area contributed by atoms with E-state index in [4.69, 9.17) is 0 Å². The summed E-state index contributed by atoms with van der Waals surface area (Å²) in [5, 5.41) is 4.46. The van der Waals surface area contributed by atoms with Crippen LogP contribution < -0.4 is 10.2 Å². The lowest BCUT2D eigenvalue weighted by molar-refractivity contribution is -0.122. The largest absolute Gasteiger partial charge is 0.371 e. The van der Waals surface area contributed by atoms with E-state index in [1.165, 1.54) is 36.8 Å². The van der Waals surface area contributed by atoms with Crippen molar-refractivity contribution < 1.29 is 4.79 Å². The first-order valence-electron chi connectivity index (χ1n) is 9.67. The summed E-state index contributed by atoms with van der Waals surface area (Å²) in [7, 11) is 0. The monoisotopic (exact) mass is 337 g/mol. The molecule has 0 bridgehead atoms. The average molecular weight is 337 g/mol. The fraction of sp³-hybridized carbons (Fsp3) is 0.524. The van der Waals surface area contributed by atoms with Gasteiger partial charge in [-0.3, -0.25) is 9.78 Å². The maximum Gasteiger partial charge on any atom is 0.220 e. The number of carbonyl (C=O) groups is 1. The highest BCUT2D eigenvalue weighted by atomic mass is 16.1. The van der Waals surface area contributed by atoms with E-state index in [1.54, 1.807) is 0 Å². The molecule has 0 unspecified atom stereocenters. The smallest absolute Gasteiger partial charge is 0.220 e. The van der Waals surface area contributed by atoms with E-state index in [0.717, 1.165) is 31.4 Å². The fourth-order valence-corrected chi connectivity index (χ4v) is 4.35. The van der Waals surface area contributed by atoms with Gasteiger partial charge in [-0.2, -0.15) is 0 Å². The van der Waals surface area contributed by atoms with Gasteiger partial charge >= 0.3 is 0 Å². The fourth-order valence-electron chi connectivity index (χ4n) is 4.35. The zero-order chi connectivity index (χ0) is 17.1. The van der Waals surface area contributed by atoms with Gasteiger partial charge in [0.25, 0.3) is 0 Å². The van der Waals surface area contributed by atoms with Crippen LogP contribution in [0.1, 0.15) is 44.9 Å². The number of piperidine rings is 1.